The van der Waals surface area contributed by atoms with Gasteiger partial charge in [-0.1, -0.05) is 25.1 Å². The third-order valence-electron chi connectivity index (χ3n) is 3.21. The molecule has 2 rings (SSSR count). The van der Waals surface area contributed by atoms with E-state index in [-0.39, 0.29) is 6.54 Å². The lowest BCUT2D eigenvalue weighted by atomic mass is 10.1. The fourth-order valence-electron chi connectivity index (χ4n) is 2.02. The van der Waals surface area contributed by atoms with Gasteiger partial charge in [0.1, 0.15) is 0 Å². The first-order valence-corrected chi connectivity index (χ1v) is 8.26. The third-order valence-corrected chi connectivity index (χ3v) is 4.69. The fraction of sp³-hybridized carbons (Fsp3) is 0.267. The standard InChI is InChI=1S/C15H19N3O2S/c1-2-13-7-6-12(10-16)9-15(13)21(19,20)18-11-14-5-3-4-8-17-14/h3-9,18H,2,10-11,16H2,1H3. The number of benzene rings is 1. The lowest BCUT2D eigenvalue weighted by Crippen LogP contribution is -2.25. The largest absolute Gasteiger partial charge is 0.326 e. The molecule has 1 aromatic heterocycles. The number of nitrogens with zero attached hydrogens (tertiary/aromatic N) is 1. The van der Waals surface area contributed by atoms with E-state index in [1.54, 1.807) is 24.4 Å². The van der Waals surface area contributed by atoms with Crippen LogP contribution in [0.3, 0.4) is 0 Å². The van der Waals surface area contributed by atoms with Crippen LogP contribution in [0.15, 0.2) is 47.5 Å². The molecule has 0 spiro atoms. The van der Waals surface area contributed by atoms with Gasteiger partial charge in [0, 0.05) is 12.7 Å². The first-order valence-electron chi connectivity index (χ1n) is 6.78. The molecule has 0 saturated heterocycles. The molecule has 0 aliphatic carbocycles. The monoisotopic (exact) mass is 305 g/mol. The molecule has 0 unspecified atom stereocenters. The summed E-state index contributed by atoms with van der Waals surface area (Å²) in [5.74, 6) is 0. The van der Waals surface area contributed by atoms with Crippen molar-refractivity contribution in [3.8, 4) is 0 Å². The van der Waals surface area contributed by atoms with Crippen LogP contribution in [-0.4, -0.2) is 13.4 Å². The number of rotatable bonds is 6. The van der Waals surface area contributed by atoms with Crippen LogP contribution < -0.4 is 10.5 Å². The van der Waals surface area contributed by atoms with Gasteiger partial charge in [0.2, 0.25) is 10.0 Å². The molecule has 0 fully saturated rings. The summed E-state index contributed by atoms with van der Waals surface area (Å²) < 4.78 is 27.5. The molecule has 0 atom stereocenters. The number of hydrogen-bond donors (Lipinski definition) is 2. The quantitative estimate of drug-likeness (QED) is 0.848. The number of hydrogen-bond acceptors (Lipinski definition) is 4. The average molecular weight is 305 g/mol. The maximum atomic E-state index is 12.5. The Morgan fingerprint density at radius 2 is 2.05 bits per heavy atom. The lowest BCUT2D eigenvalue weighted by Gasteiger charge is -2.12. The van der Waals surface area contributed by atoms with Crippen LogP contribution in [0, 0.1) is 0 Å². The third kappa shape index (κ3) is 3.87. The summed E-state index contributed by atoms with van der Waals surface area (Å²) in [6, 6.07) is 10.7. The molecule has 2 aromatic rings. The van der Waals surface area contributed by atoms with Crippen LogP contribution >= 0.6 is 0 Å². The average Bonchev–Trinajstić information content (AvgIpc) is 2.53. The van der Waals surface area contributed by atoms with Crippen LogP contribution in [0.25, 0.3) is 0 Å². The second kappa shape index (κ2) is 6.80. The van der Waals surface area contributed by atoms with Crippen molar-refractivity contribution in [1.29, 1.82) is 0 Å². The van der Waals surface area contributed by atoms with Crippen molar-refractivity contribution in [3.05, 3.63) is 59.4 Å². The number of pyridine rings is 1. The Bertz CT molecular complexity index is 700. The molecular formula is C15H19N3O2S. The molecular weight excluding hydrogens is 286 g/mol. The Morgan fingerprint density at radius 1 is 1.24 bits per heavy atom. The van der Waals surface area contributed by atoms with Gasteiger partial charge < -0.3 is 5.73 Å². The zero-order chi connectivity index (χ0) is 15.3. The second-order valence-electron chi connectivity index (χ2n) is 4.65. The molecule has 5 nitrogen and oxygen atoms in total. The number of aromatic nitrogens is 1. The Morgan fingerprint density at radius 3 is 2.67 bits per heavy atom. The lowest BCUT2D eigenvalue weighted by molar-refractivity contribution is 0.579. The molecule has 0 saturated carbocycles. The molecule has 3 N–H and O–H groups in total. The summed E-state index contributed by atoms with van der Waals surface area (Å²) in [4.78, 5) is 4.40. The van der Waals surface area contributed by atoms with E-state index in [2.05, 4.69) is 9.71 Å². The Labute approximate surface area is 125 Å². The predicted octanol–water partition coefficient (Wildman–Crippen LogP) is 1.58. The van der Waals surface area contributed by atoms with Gasteiger partial charge in [-0.2, -0.15) is 0 Å². The molecule has 21 heavy (non-hydrogen) atoms. The zero-order valence-electron chi connectivity index (χ0n) is 11.9. The topological polar surface area (TPSA) is 85.1 Å². The number of nitrogens with one attached hydrogen (secondary N) is 1. The number of sulfonamides is 1. The maximum absolute atomic E-state index is 12.5. The van der Waals surface area contributed by atoms with Crippen LogP contribution in [0.2, 0.25) is 0 Å². The van der Waals surface area contributed by atoms with E-state index in [1.165, 1.54) is 0 Å². The van der Waals surface area contributed by atoms with Crippen LogP contribution in [0.1, 0.15) is 23.7 Å². The van der Waals surface area contributed by atoms with E-state index in [4.69, 9.17) is 5.73 Å². The van der Waals surface area contributed by atoms with Gasteiger partial charge in [-0.05, 0) is 35.7 Å². The number of aryl methyl sites for hydroxylation is 1. The molecule has 1 aromatic carbocycles. The first-order chi connectivity index (χ1) is 10.1. The Balaban J connectivity index is 2.26. The van der Waals surface area contributed by atoms with Crippen LogP contribution in [-0.2, 0) is 29.5 Å². The highest BCUT2D eigenvalue weighted by Crippen LogP contribution is 2.18. The highest BCUT2D eigenvalue weighted by Gasteiger charge is 2.18. The molecule has 6 heteroatoms. The summed E-state index contributed by atoms with van der Waals surface area (Å²) in [5, 5.41) is 0. The highest BCUT2D eigenvalue weighted by molar-refractivity contribution is 7.89. The van der Waals surface area contributed by atoms with Gasteiger partial charge >= 0.3 is 0 Å². The zero-order valence-corrected chi connectivity index (χ0v) is 12.7. The van der Waals surface area contributed by atoms with Crippen molar-refractivity contribution in [2.24, 2.45) is 5.73 Å². The summed E-state index contributed by atoms with van der Waals surface area (Å²) in [6.45, 7) is 2.40. The van der Waals surface area contributed by atoms with E-state index >= 15 is 0 Å². The van der Waals surface area contributed by atoms with Crippen molar-refractivity contribution in [3.63, 3.8) is 0 Å². The molecule has 0 aliphatic rings. The normalized spacial score (nSPS) is 11.5. The van der Waals surface area contributed by atoms with Gasteiger partial charge in [-0.15, -0.1) is 0 Å². The molecule has 0 radical (unpaired) electrons. The van der Waals surface area contributed by atoms with Crippen LogP contribution in [0.4, 0.5) is 0 Å². The summed E-state index contributed by atoms with van der Waals surface area (Å²) in [5.41, 5.74) is 7.84. The van der Waals surface area contributed by atoms with E-state index in [0.717, 1.165) is 11.1 Å². The van der Waals surface area contributed by atoms with Gasteiger partial charge in [0.05, 0.1) is 17.1 Å². The van der Waals surface area contributed by atoms with Gasteiger partial charge in [-0.3, -0.25) is 4.98 Å². The van der Waals surface area contributed by atoms with Crippen molar-refractivity contribution in [1.82, 2.24) is 9.71 Å². The molecule has 0 aliphatic heterocycles. The fourth-order valence-corrected chi connectivity index (χ4v) is 3.38. The Hall–Kier alpha value is -1.76. The SMILES string of the molecule is CCc1ccc(CN)cc1S(=O)(=O)NCc1ccccn1. The molecule has 0 bridgehead atoms. The predicted molar refractivity (Wildman–Crippen MR) is 82.0 cm³/mol. The summed E-state index contributed by atoms with van der Waals surface area (Å²) >= 11 is 0. The van der Waals surface area contributed by atoms with E-state index in [9.17, 15) is 8.42 Å². The first kappa shape index (κ1) is 15.6. The maximum Gasteiger partial charge on any atom is 0.241 e. The summed E-state index contributed by atoms with van der Waals surface area (Å²) in [7, 11) is -3.58. The minimum Gasteiger partial charge on any atom is -0.326 e. The van der Waals surface area contributed by atoms with Crippen molar-refractivity contribution < 1.29 is 8.42 Å². The smallest absolute Gasteiger partial charge is 0.241 e. The van der Waals surface area contributed by atoms with Crippen LogP contribution in [0.5, 0.6) is 0 Å². The van der Waals surface area contributed by atoms with Gasteiger partial charge in [0.25, 0.3) is 0 Å². The molecule has 0 amide bonds. The Kier molecular flexibility index (Phi) is 5.06. The van der Waals surface area contributed by atoms with Gasteiger partial charge in [-0.25, -0.2) is 13.1 Å². The minimum atomic E-state index is -3.58. The van der Waals surface area contributed by atoms with E-state index in [1.807, 2.05) is 25.1 Å². The minimum absolute atomic E-state index is 0.166. The number of nitrogens with two attached hydrogens (primary N) is 1. The van der Waals surface area contributed by atoms with Crippen molar-refractivity contribution in [2.45, 2.75) is 31.3 Å². The van der Waals surface area contributed by atoms with Gasteiger partial charge in [0.15, 0.2) is 0 Å². The summed E-state index contributed by atoms with van der Waals surface area (Å²) in [6.07, 6.45) is 2.28. The van der Waals surface area contributed by atoms with Crippen molar-refractivity contribution in [2.75, 3.05) is 0 Å². The van der Waals surface area contributed by atoms with E-state index in [0.29, 0.717) is 23.6 Å². The van der Waals surface area contributed by atoms with E-state index < -0.39 is 10.0 Å². The molecule has 112 valence electrons. The molecule has 1 heterocycles. The van der Waals surface area contributed by atoms with Crippen molar-refractivity contribution >= 4 is 10.0 Å². The highest BCUT2D eigenvalue weighted by atomic mass is 32.2. The second-order valence-corrected chi connectivity index (χ2v) is 6.38.